The van der Waals surface area contributed by atoms with Crippen LogP contribution in [0, 0.1) is 13.8 Å². The van der Waals surface area contributed by atoms with Crippen LogP contribution in [-0.4, -0.2) is 28.9 Å². The lowest BCUT2D eigenvalue weighted by molar-refractivity contribution is -0.136. The molecule has 1 atom stereocenters. The molecule has 1 N–H and O–H groups in total. The molecule has 5 nitrogen and oxygen atoms in total. The quantitative estimate of drug-likeness (QED) is 0.918. The number of benzene rings is 1. The Balaban J connectivity index is 2.27. The van der Waals surface area contributed by atoms with E-state index in [1.807, 2.05) is 38.1 Å². The second-order valence-electron chi connectivity index (χ2n) is 5.79. The van der Waals surface area contributed by atoms with E-state index >= 15 is 0 Å². The predicted octanol–water partition coefficient (Wildman–Crippen LogP) is 3.36. The van der Waals surface area contributed by atoms with Crippen molar-refractivity contribution in [1.82, 2.24) is 4.90 Å². The molecule has 0 radical (unpaired) electrons. The van der Waals surface area contributed by atoms with Crippen LogP contribution in [0.1, 0.15) is 45.8 Å². The van der Waals surface area contributed by atoms with E-state index in [1.165, 1.54) is 6.26 Å². The van der Waals surface area contributed by atoms with Crippen molar-refractivity contribution in [3.63, 3.8) is 0 Å². The number of hydrogen-bond acceptors (Lipinski definition) is 3. The van der Waals surface area contributed by atoms with Gasteiger partial charge >= 0.3 is 5.97 Å². The number of carbonyl (C=O) groups is 2. The minimum Gasteiger partial charge on any atom is -0.481 e. The average molecular weight is 315 g/mol. The third-order valence-corrected chi connectivity index (χ3v) is 4.04. The highest BCUT2D eigenvalue weighted by Gasteiger charge is 2.26. The number of aliphatic carboxylic acids is 1. The topological polar surface area (TPSA) is 70.8 Å². The Bertz CT molecular complexity index is 715. The molecule has 0 saturated heterocycles. The smallest absolute Gasteiger partial charge is 0.311 e. The zero-order chi connectivity index (χ0) is 17.1. The highest BCUT2D eigenvalue weighted by Crippen LogP contribution is 2.25. The standard InChI is InChI=1S/C18H21NO4/c1-11-5-7-14(8-6-11)13(3)19(4)18(22)17-12(2)10-23-15(17)9-16(20)21/h5-8,10,13H,9H2,1-4H3,(H,20,21). The highest BCUT2D eigenvalue weighted by molar-refractivity contribution is 5.97. The third kappa shape index (κ3) is 3.62. The molecule has 0 fully saturated rings. The Kier molecular flexibility index (Phi) is 4.89. The van der Waals surface area contributed by atoms with E-state index < -0.39 is 5.97 Å². The molecule has 122 valence electrons. The minimum atomic E-state index is -1.03. The van der Waals surface area contributed by atoms with Crippen molar-refractivity contribution in [2.24, 2.45) is 0 Å². The first-order chi connectivity index (χ1) is 10.8. The van der Waals surface area contributed by atoms with Crippen molar-refractivity contribution in [3.05, 3.63) is 58.5 Å². The first-order valence-electron chi connectivity index (χ1n) is 7.43. The summed E-state index contributed by atoms with van der Waals surface area (Å²) in [6.45, 7) is 5.69. The van der Waals surface area contributed by atoms with Crippen LogP contribution in [0.2, 0.25) is 0 Å². The van der Waals surface area contributed by atoms with Gasteiger partial charge in [-0.15, -0.1) is 0 Å². The summed E-state index contributed by atoms with van der Waals surface area (Å²) in [6.07, 6.45) is 1.12. The maximum atomic E-state index is 12.8. The molecular weight excluding hydrogens is 294 g/mol. The SMILES string of the molecule is Cc1ccc(C(C)N(C)C(=O)c2c(C)coc2CC(=O)O)cc1. The van der Waals surface area contributed by atoms with Crippen LogP contribution >= 0.6 is 0 Å². The Labute approximate surface area is 135 Å². The average Bonchev–Trinajstić information content (AvgIpc) is 2.85. The van der Waals surface area contributed by atoms with Gasteiger partial charge in [0.15, 0.2) is 0 Å². The van der Waals surface area contributed by atoms with Crippen LogP contribution in [0.3, 0.4) is 0 Å². The van der Waals surface area contributed by atoms with Gasteiger partial charge in [0.1, 0.15) is 12.2 Å². The van der Waals surface area contributed by atoms with Crippen molar-refractivity contribution in [2.45, 2.75) is 33.2 Å². The summed E-state index contributed by atoms with van der Waals surface area (Å²) >= 11 is 0. The van der Waals surface area contributed by atoms with E-state index in [0.717, 1.165) is 11.1 Å². The second-order valence-corrected chi connectivity index (χ2v) is 5.79. The van der Waals surface area contributed by atoms with Gasteiger partial charge in [-0.2, -0.15) is 0 Å². The van der Waals surface area contributed by atoms with Gasteiger partial charge < -0.3 is 14.4 Å². The molecule has 0 aliphatic carbocycles. The number of amides is 1. The number of carbonyl (C=O) groups excluding carboxylic acids is 1. The van der Waals surface area contributed by atoms with E-state index in [1.54, 1.807) is 18.9 Å². The largest absolute Gasteiger partial charge is 0.481 e. The van der Waals surface area contributed by atoms with Crippen molar-refractivity contribution in [2.75, 3.05) is 7.05 Å². The summed E-state index contributed by atoms with van der Waals surface area (Å²) in [7, 11) is 1.71. The molecule has 2 rings (SSSR count). The fraction of sp³-hybridized carbons (Fsp3) is 0.333. The van der Waals surface area contributed by atoms with Gasteiger partial charge in [-0.1, -0.05) is 29.8 Å². The molecule has 1 heterocycles. The highest BCUT2D eigenvalue weighted by atomic mass is 16.4. The Hall–Kier alpha value is -2.56. The summed E-state index contributed by atoms with van der Waals surface area (Å²) in [5.74, 6) is -1.06. The van der Waals surface area contributed by atoms with Crippen molar-refractivity contribution in [3.8, 4) is 0 Å². The molecule has 0 aliphatic rings. The molecule has 0 spiro atoms. The zero-order valence-electron chi connectivity index (χ0n) is 13.8. The van der Waals surface area contributed by atoms with Crippen LogP contribution in [0.4, 0.5) is 0 Å². The summed E-state index contributed by atoms with van der Waals surface area (Å²) in [5, 5.41) is 8.95. The minimum absolute atomic E-state index is 0.130. The molecule has 0 aliphatic heterocycles. The van der Waals surface area contributed by atoms with Crippen molar-refractivity contribution < 1.29 is 19.1 Å². The molecule has 23 heavy (non-hydrogen) atoms. The lowest BCUT2D eigenvalue weighted by Crippen LogP contribution is -2.30. The summed E-state index contributed by atoms with van der Waals surface area (Å²) in [6, 6.07) is 7.86. The summed E-state index contributed by atoms with van der Waals surface area (Å²) in [4.78, 5) is 25.3. The van der Waals surface area contributed by atoms with E-state index in [4.69, 9.17) is 9.52 Å². The van der Waals surface area contributed by atoms with Crippen molar-refractivity contribution in [1.29, 1.82) is 0 Å². The Morgan fingerprint density at radius 2 is 1.83 bits per heavy atom. The summed E-state index contributed by atoms with van der Waals surface area (Å²) in [5.41, 5.74) is 3.17. The number of aryl methyl sites for hydroxylation is 2. The second kappa shape index (κ2) is 6.69. The Morgan fingerprint density at radius 1 is 1.22 bits per heavy atom. The number of furan rings is 1. The molecule has 1 aromatic carbocycles. The molecule has 5 heteroatoms. The maximum Gasteiger partial charge on any atom is 0.311 e. The van der Waals surface area contributed by atoms with E-state index in [-0.39, 0.29) is 24.1 Å². The van der Waals surface area contributed by atoms with Gasteiger partial charge in [0.05, 0.1) is 17.9 Å². The van der Waals surface area contributed by atoms with Crippen LogP contribution in [0.25, 0.3) is 0 Å². The fourth-order valence-electron chi connectivity index (χ4n) is 2.47. The molecular formula is C18H21NO4. The molecule has 0 bridgehead atoms. The zero-order valence-corrected chi connectivity index (χ0v) is 13.8. The predicted molar refractivity (Wildman–Crippen MR) is 86.5 cm³/mol. The number of carboxylic acid groups (broad SMARTS) is 1. The third-order valence-electron chi connectivity index (χ3n) is 4.04. The van der Waals surface area contributed by atoms with Gasteiger partial charge in [-0.3, -0.25) is 9.59 Å². The summed E-state index contributed by atoms with van der Waals surface area (Å²) < 4.78 is 5.25. The van der Waals surface area contributed by atoms with E-state index in [0.29, 0.717) is 11.1 Å². The van der Waals surface area contributed by atoms with Crippen LogP contribution < -0.4 is 0 Å². The maximum absolute atomic E-state index is 12.8. The number of nitrogens with zero attached hydrogens (tertiary/aromatic N) is 1. The van der Waals surface area contributed by atoms with Gasteiger partial charge in [-0.25, -0.2) is 0 Å². The van der Waals surface area contributed by atoms with Crippen LogP contribution in [0.5, 0.6) is 0 Å². The first kappa shape index (κ1) is 16.8. The monoisotopic (exact) mass is 315 g/mol. The van der Waals surface area contributed by atoms with Gasteiger partial charge in [0.25, 0.3) is 5.91 Å². The molecule has 1 aromatic heterocycles. The number of rotatable bonds is 5. The van der Waals surface area contributed by atoms with E-state index in [9.17, 15) is 9.59 Å². The van der Waals surface area contributed by atoms with E-state index in [2.05, 4.69) is 0 Å². The van der Waals surface area contributed by atoms with Gasteiger partial charge in [-0.05, 0) is 26.3 Å². The molecule has 2 aromatic rings. The van der Waals surface area contributed by atoms with Crippen molar-refractivity contribution >= 4 is 11.9 Å². The Morgan fingerprint density at radius 3 is 2.39 bits per heavy atom. The lowest BCUT2D eigenvalue weighted by Gasteiger charge is -2.25. The molecule has 0 saturated carbocycles. The normalized spacial score (nSPS) is 12.0. The number of carboxylic acids is 1. The molecule has 1 amide bonds. The first-order valence-corrected chi connectivity index (χ1v) is 7.43. The van der Waals surface area contributed by atoms with Gasteiger partial charge in [0.2, 0.25) is 0 Å². The van der Waals surface area contributed by atoms with Crippen LogP contribution in [0.15, 0.2) is 34.9 Å². The van der Waals surface area contributed by atoms with Crippen LogP contribution in [-0.2, 0) is 11.2 Å². The lowest BCUT2D eigenvalue weighted by atomic mass is 10.0. The van der Waals surface area contributed by atoms with Gasteiger partial charge in [0, 0.05) is 12.6 Å². The fourth-order valence-corrected chi connectivity index (χ4v) is 2.47. The molecule has 1 unspecified atom stereocenters. The number of hydrogen-bond donors (Lipinski definition) is 1.